The minimum Gasteiger partial charge on any atom is -0.484 e. The first-order valence-corrected chi connectivity index (χ1v) is 10.8. The molecule has 3 aromatic carbocycles. The van der Waals surface area contributed by atoms with Crippen molar-refractivity contribution in [2.45, 2.75) is 32.7 Å². The number of ether oxygens (including phenoxy) is 1. The molecule has 1 fully saturated rings. The molecule has 156 valence electrons. The molecule has 30 heavy (non-hydrogen) atoms. The van der Waals surface area contributed by atoms with E-state index in [2.05, 4.69) is 47.5 Å². The summed E-state index contributed by atoms with van der Waals surface area (Å²) >= 11 is 0. The van der Waals surface area contributed by atoms with E-state index in [0.717, 1.165) is 35.3 Å². The van der Waals surface area contributed by atoms with Gasteiger partial charge in [-0.05, 0) is 66.3 Å². The van der Waals surface area contributed by atoms with Crippen molar-refractivity contribution in [3.05, 3.63) is 72.3 Å². The lowest BCUT2D eigenvalue weighted by atomic mass is 9.98. The Hall–Kier alpha value is -3.01. The maximum Gasteiger partial charge on any atom is 0.258 e. The number of benzene rings is 3. The highest BCUT2D eigenvalue weighted by Crippen LogP contribution is 2.25. The Morgan fingerprint density at radius 2 is 1.73 bits per heavy atom. The first-order chi connectivity index (χ1) is 14.6. The van der Waals surface area contributed by atoms with Crippen molar-refractivity contribution in [2.75, 3.05) is 24.6 Å². The Bertz CT molecular complexity index is 991. The molecule has 1 heterocycles. The molecule has 1 aliphatic rings. The zero-order valence-corrected chi connectivity index (χ0v) is 17.8. The minimum absolute atomic E-state index is 0.00667. The molecule has 0 aliphatic carbocycles. The quantitative estimate of drug-likeness (QED) is 0.606. The number of nitrogens with one attached hydrogen (secondary N) is 1. The van der Waals surface area contributed by atoms with Crippen molar-refractivity contribution in [1.82, 2.24) is 5.32 Å². The summed E-state index contributed by atoms with van der Waals surface area (Å²) in [5, 5.41) is 5.29. The molecule has 1 N–H and O–H groups in total. The Balaban J connectivity index is 1.29. The summed E-state index contributed by atoms with van der Waals surface area (Å²) in [5.41, 5.74) is 2.37. The Morgan fingerprint density at radius 3 is 2.47 bits per heavy atom. The second-order valence-corrected chi connectivity index (χ2v) is 8.35. The number of hydrogen-bond acceptors (Lipinski definition) is 3. The molecule has 4 nitrogen and oxygen atoms in total. The minimum atomic E-state index is -0.121. The Morgan fingerprint density at radius 1 is 1.03 bits per heavy atom. The molecule has 1 saturated heterocycles. The smallest absolute Gasteiger partial charge is 0.258 e. The van der Waals surface area contributed by atoms with Gasteiger partial charge in [-0.3, -0.25) is 4.79 Å². The second-order valence-electron chi connectivity index (χ2n) is 8.35. The molecule has 0 bridgehead atoms. The molecule has 0 radical (unpaired) electrons. The fraction of sp³-hybridized carbons (Fsp3) is 0.346. The van der Waals surface area contributed by atoms with Crippen molar-refractivity contribution in [3.63, 3.8) is 0 Å². The van der Waals surface area contributed by atoms with E-state index in [-0.39, 0.29) is 18.6 Å². The van der Waals surface area contributed by atoms with E-state index in [9.17, 15) is 4.79 Å². The van der Waals surface area contributed by atoms with E-state index < -0.39 is 0 Å². The second kappa shape index (κ2) is 9.21. The largest absolute Gasteiger partial charge is 0.484 e. The molecule has 0 saturated carbocycles. The summed E-state index contributed by atoms with van der Waals surface area (Å²) < 4.78 is 5.70. The van der Waals surface area contributed by atoms with Crippen LogP contribution in [0.2, 0.25) is 0 Å². The van der Waals surface area contributed by atoms with Gasteiger partial charge < -0.3 is 15.0 Å². The number of rotatable bonds is 6. The van der Waals surface area contributed by atoms with Crippen LogP contribution >= 0.6 is 0 Å². The van der Waals surface area contributed by atoms with Gasteiger partial charge in [0.1, 0.15) is 5.75 Å². The van der Waals surface area contributed by atoms with E-state index in [1.807, 2.05) is 43.3 Å². The third-order valence-electron chi connectivity index (χ3n) is 6.01. The molecule has 0 spiro atoms. The third-order valence-corrected chi connectivity index (χ3v) is 6.01. The zero-order valence-electron chi connectivity index (χ0n) is 17.8. The summed E-state index contributed by atoms with van der Waals surface area (Å²) in [6.07, 6.45) is 2.51. The van der Waals surface area contributed by atoms with Gasteiger partial charge in [0.25, 0.3) is 5.91 Å². The number of carbonyl (C=O) groups excluding carboxylic acids is 1. The van der Waals surface area contributed by atoms with Gasteiger partial charge in [0, 0.05) is 18.8 Å². The number of carbonyl (C=O) groups is 1. The lowest BCUT2D eigenvalue weighted by Crippen LogP contribution is -2.33. The standard InChI is InChI=1S/C26H30N2O2/c1-19-13-15-28(16-14-19)24-10-7-21(8-11-24)20(2)27-26(29)18-30-25-12-9-22-5-3-4-6-23(22)17-25/h3-12,17,19-20H,13-16,18H2,1-2H3,(H,27,29). The highest BCUT2D eigenvalue weighted by molar-refractivity contribution is 5.84. The summed E-state index contributed by atoms with van der Waals surface area (Å²) in [5.74, 6) is 1.41. The van der Waals surface area contributed by atoms with Crippen LogP contribution in [0.5, 0.6) is 5.75 Å². The number of piperidine rings is 1. The maximum absolute atomic E-state index is 12.4. The molecule has 0 aromatic heterocycles. The normalized spacial score (nSPS) is 15.7. The highest BCUT2D eigenvalue weighted by Gasteiger charge is 2.16. The van der Waals surface area contributed by atoms with Gasteiger partial charge in [-0.2, -0.15) is 0 Å². The van der Waals surface area contributed by atoms with Crippen molar-refractivity contribution < 1.29 is 9.53 Å². The van der Waals surface area contributed by atoms with Crippen LogP contribution in [0.4, 0.5) is 5.69 Å². The molecule has 4 heteroatoms. The Kier molecular flexibility index (Phi) is 6.22. The van der Waals surface area contributed by atoms with Crippen LogP contribution in [0.1, 0.15) is 38.3 Å². The van der Waals surface area contributed by atoms with E-state index in [1.165, 1.54) is 18.5 Å². The number of nitrogens with zero attached hydrogens (tertiary/aromatic N) is 1. The molecule has 4 rings (SSSR count). The number of anilines is 1. The van der Waals surface area contributed by atoms with Gasteiger partial charge in [-0.25, -0.2) is 0 Å². The average molecular weight is 403 g/mol. The summed E-state index contributed by atoms with van der Waals surface area (Å²) in [4.78, 5) is 14.8. The number of fused-ring (bicyclic) bond motifs is 1. The molecular formula is C26H30N2O2. The van der Waals surface area contributed by atoms with Crippen LogP contribution in [0.25, 0.3) is 10.8 Å². The number of amides is 1. The van der Waals surface area contributed by atoms with Gasteiger partial charge in [0.2, 0.25) is 0 Å². The maximum atomic E-state index is 12.4. The van der Waals surface area contributed by atoms with Crippen LogP contribution in [-0.2, 0) is 4.79 Å². The molecule has 3 aromatic rings. The highest BCUT2D eigenvalue weighted by atomic mass is 16.5. The molecule has 1 amide bonds. The lowest BCUT2D eigenvalue weighted by molar-refractivity contribution is -0.123. The molecule has 1 atom stereocenters. The van der Waals surface area contributed by atoms with Crippen LogP contribution in [0.15, 0.2) is 66.7 Å². The monoisotopic (exact) mass is 402 g/mol. The summed E-state index contributed by atoms with van der Waals surface area (Å²) in [6.45, 7) is 6.59. The van der Waals surface area contributed by atoms with Crippen LogP contribution in [-0.4, -0.2) is 25.6 Å². The van der Waals surface area contributed by atoms with E-state index in [0.29, 0.717) is 5.75 Å². The third kappa shape index (κ3) is 4.93. The fourth-order valence-corrected chi connectivity index (χ4v) is 4.01. The number of hydrogen-bond donors (Lipinski definition) is 1. The lowest BCUT2D eigenvalue weighted by Gasteiger charge is -2.32. The van der Waals surface area contributed by atoms with Crippen molar-refractivity contribution in [3.8, 4) is 5.75 Å². The van der Waals surface area contributed by atoms with Crippen LogP contribution in [0.3, 0.4) is 0 Å². The predicted molar refractivity (Wildman–Crippen MR) is 123 cm³/mol. The first-order valence-electron chi connectivity index (χ1n) is 10.8. The van der Waals surface area contributed by atoms with Crippen molar-refractivity contribution in [1.29, 1.82) is 0 Å². The Labute approximate surface area is 178 Å². The topological polar surface area (TPSA) is 41.6 Å². The van der Waals surface area contributed by atoms with Crippen LogP contribution in [0, 0.1) is 5.92 Å². The van der Waals surface area contributed by atoms with E-state index >= 15 is 0 Å². The van der Waals surface area contributed by atoms with E-state index in [4.69, 9.17) is 4.74 Å². The van der Waals surface area contributed by atoms with Crippen molar-refractivity contribution >= 4 is 22.4 Å². The fourth-order valence-electron chi connectivity index (χ4n) is 4.01. The SMILES string of the molecule is CC1CCN(c2ccc(C(C)NC(=O)COc3ccc4ccccc4c3)cc2)CC1. The van der Waals surface area contributed by atoms with Gasteiger partial charge in [0.05, 0.1) is 6.04 Å². The first kappa shape index (κ1) is 20.3. The summed E-state index contributed by atoms with van der Waals surface area (Å²) in [7, 11) is 0. The zero-order chi connectivity index (χ0) is 20.9. The van der Waals surface area contributed by atoms with E-state index in [1.54, 1.807) is 0 Å². The van der Waals surface area contributed by atoms with Gasteiger partial charge in [-0.15, -0.1) is 0 Å². The van der Waals surface area contributed by atoms with Gasteiger partial charge in [0.15, 0.2) is 6.61 Å². The van der Waals surface area contributed by atoms with Gasteiger partial charge >= 0.3 is 0 Å². The molecular weight excluding hydrogens is 372 g/mol. The molecule has 1 unspecified atom stereocenters. The predicted octanol–water partition coefficient (Wildman–Crippen LogP) is 5.33. The molecule has 1 aliphatic heterocycles. The average Bonchev–Trinajstić information content (AvgIpc) is 2.78. The summed E-state index contributed by atoms with van der Waals surface area (Å²) in [6, 6.07) is 22.5. The van der Waals surface area contributed by atoms with Crippen molar-refractivity contribution in [2.24, 2.45) is 5.92 Å². The van der Waals surface area contributed by atoms with Crippen LogP contribution < -0.4 is 15.0 Å². The van der Waals surface area contributed by atoms with Gasteiger partial charge in [-0.1, -0.05) is 49.4 Å².